The van der Waals surface area contributed by atoms with Gasteiger partial charge in [-0.1, -0.05) is 11.3 Å². The summed E-state index contributed by atoms with van der Waals surface area (Å²) in [5, 5.41) is 14.5. The van der Waals surface area contributed by atoms with Gasteiger partial charge >= 0.3 is 0 Å². The van der Waals surface area contributed by atoms with E-state index in [1.807, 2.05) is 12.1 Å². The smallest absolute Gasteiger partial charge is 0.286 e. The van der Waals surface area contributed by atoms with Crippen molar-refractivity contribution in [3.8, 4) is 5.75 Å². The number of carbonyl (C=O) groups excluding carboxylic acids is 2. The largest absolute Gasteiger partial charge is 0.497 e. The van der Waals surface area contributed by atoms with Gasteiger partial charge in [0.25, 0.3) is 5.91 Å². The number of anilines is 1. The van der Waals surface area contributed by atoms with Crippen molar-refractivity contribution in [1.82, 2.24) is 15.5 Å². The van der Waals surface area contributed by atoms with Crippen LogP contribution in [0.15, 0.2) is 47.1 Å². The molecule has 0 bridgehead atoms. The Morgan fingerprint density at radius 2 is 2.03 bits per heavy atom. The molecule has 0 radical (unpaired) electrons. The van der Waals surface area contributed by atoms with Crippen molar-refractivity contribution < 1.29 is 18.7 Å². The third-order valence-corrected chi connectivity index (χ3v) is 5.79. The minimum atomic E-state index is -0.320. The molecule has 0 aliphatic heterocycles. The number of aromatic nitrogens is 2. The standard InChI is InChI=1S/C19H20N4O4S2/c1-26-14-6-4-13(5-7-14)21-18(25)19-23-22-17(29-19)12-28-11-16(24)20-9-8-15-3-2-10-27-15/h2-7,10H,8-9,11-12H2,1H3,(H,20,24)(H,21,25). The van der Waals surface area contributed by atoms with Gasteiger partial charge in [0, 0.05) is 24.4 Å². The lowest BCUT2D eigenvalue weighted by molar-refractivity contribution is -0.118. The van der Waals surface area contributed by atoms with Crippen molar-refractivity contribution in [2.45, 2.75) is 12.2 Å². The van der Waals surface area contributed by atoms with Gasteiger partial charge < -0.3 is 19.8 Å². The molecule has 0 atom stereocenters. The highest BCUT2D eigenvalue weighted by atomic mass is 32.2. The van der Waals surface area contributed by atoms with E-state index in [2.05, 4.69) is 20.8 Å². The Hall–Kier alpha value is -2.85. The first-order valence-corrected chi connectivity index (χ1v) is 10.8. The third-order valence-electron chi connectivity index (χ3n) is 3.74. The Balaban J connectivity index is 1.37. The highest BCUT2D eigenvalue weighted by Crippen LogP contribution is 2.19. The van der Waals surface area contributed by atoms with Crippen LogP contribution in [-0.2, 0) is 17.0 Å². The van der Waals surface area contributed by atoms with Crippen LogP contribution in [0.1, 0.15) is 20.6 Å². The molecule has 10 heteroatoms. The number of ether oxygens (including phenoxy) is 1. The number of thioether (sulfide) groups is 1. The summed E-state index contributed by atoms with van der Waals surface area (Å²) >= 11 is 2.63. The molecule has 29 heavy (non-hydrogen) atoms. The van der Waals surface area contributed by atoms with Crippen LogP contribution in [0.2, 0.25) is 0 Å². The number of methoxy groups -OCH3 is 1. The van der Waals surface area contributed by atoms with E-state index >= 15 is 0 Å². The van der Waals surface area contributed by atoms with Crippen LogP contribution in [0.3, 0.4) is 0 Å². The molecule has 0 fully saturated rings. The Labute approximate surface area is 176 Å². The van der Waals surface area contributed by atoms with Crippen LogP contribution >= 0.6 is 23.1 Å². The van der Waals surface area contributed by atoms with E-state index in [0.29, 0.717) is 40.9 Å². The summed E-state index contributed by atoms with van der Waals surface area (Å²) in [5.74, 6) is 2.00. The van der Waals surface area contributed by atoms with Crippen LogP contribution in [0.5, 0.6) is 5.75 Å². The molecule has 0 saturated heterocycles. The Bertz CT molecular complexity index is 926. The summed E-state index contributed by atoms with van der Waals surface area (Å²) in [5.41, 5.74) is 0.646. The summed E-state index contributed by atoms with van der Waals surface area (Å²) in [6, 6.07) is 10.7. The number of hydrogen-bond acceptors (Lipinski definition) is 8. The maximum Gasteiger partial charge on any atom is 0.286 e. The molecule has 1 aromatic carbocycles. The molecule has 0 aliphatic carbocycles. The predicted octanol–water partition coefficient (Wildman–Crippen LogP) is 2.98. The number of furan rings is 1. The third kappa shape index (κ3) is 6.61. The second-order valence-corrected chi connectivity index (χ2v) is 7.90. The molecule has 2 heterocycles. The highest BCUT2D eigenvalue weighted by Gasteiger charge is 2.13. The molecule has 3 rings (SSSR count). The van der Waals surface area contributed by atoms with Crippen molar-refractivity contribution in [3.05, 3.63) is 58.4 Å². The van der Waals surface area contributed by atoms with Gasteiger partial charge in [-0.05, 0) is 36.4 Å². The van der Waals surface area contributed by atoms with E-state index in [4.69, 9.17) is 9.15 Å². The lowest BCUT2D eigenvalue weighted by atomic mass is 10.3. The van der Waals surface area contributed by atoms with Crippen LogP contribution in [0, 0.1) is 0 Å². The van der Waals surface area contributed by atoms with Gasteiger partial charge in [-0.2, -0.15) is 0 Å². The molecule has 3 aromatic rings. The summed E-state index contributed by atoms with van der Waals surface area (Å²) in [4.78, 5) is 24.1. The fourth-order valence-electron chi connectivity index (χ4n) is 2.32. The minimum Gasteiger partial charge on any atom is -0.497 e. The number of rotatable bonds is 10. The maximum absolute atomic E-state index is 12.3. The molecule has 0 saturated carbocycles. The Morgan fingerprint density at radius 1 is 1.21 bits per heavy atom. The van der Waals surface area contributed by atoms with E-state index in [1.165, 1.54) is 23.1 Å². The number of benzene rings is 1. The Morgan fingerprint density at radius 3 is 2.76 bits per heavy atom. The van der Waals surface area contributed by atoms with E-state index in [-0.39, 0.29) is 16.8 Å². The van der Waals surface area contributed by atoms with Gasteiger partial charge in [-0.15, -0.1) is 22.0 Å². The topological polar surface area (TPSA) is 106 Å². The zero-order valence-corrected chi connectivity index (χ0v) is 17.3. The molecule has 152 valence electrons. The molecule has 2 aromatic heterocycles. The van der Waals surface area contributed by atoms with Gasteiger partial charge in [0.15, 0.2) is 0 Å². The average molecular weight is 433 g/mol. The van der Waals surface area contributed by atoms with E-state index < -0.39 is 0 Å². The lowest BCUT2D eigenvalue weighted by Crippen LogP contribution is -2.27. The SMILES string of the molecule is COc1ccc(NC(=O)c2nnc(CSCC(=O)NCCc3ccco3)s2)cc1. The summed E-state index contributed by atoms with van der Waals surface area (Å²) in [6.07, 6.45) is 2.27. The number of nitrogens with one attached hydrogen (secondary N) is 2. The van der Waals surface area contributed by atoms with E-state index in [0.717, 1.165) is 5.76 Å². The van der Waals surface area contributed by atoms with E-state index in [9.17, 15) is 9.59 Å². The zero-order valence-electron chi connectivity index (χ0n) is 15.7. The highest BCUT2D eigenvalue weighted by molar-refractivity contribution is 7.99. The van der Waals surface area contributed by atoms with Crippen molar-refractivity contribution >= 4 is 40.6 Å². The average Bonchev–Trinajstić information content (AvgIpc) is 3.41. The van der Waals surface area contributed by atoms with Gasteiger partial charge in [0.1, 0.15) is 16.5 Å². The Kier molecular flexibility index (Phi) is 7.65. The quantitative estimate of drug-likeness (QED) is 0.507. The summed E-state index contributed by atoms with van der Waals surface area (Å²) < 4.78 is 10.3. The van der Waals surface area contributed by atoms with Crippen molar-refractivity contribution in [2.75, 3.05) is 24.7 Å². The maximum atomic E-state index is 12.3. The zero-order chi connectivity index (χ0) is 20.5. The normalized spacial score (nSPS) is 10.5. The molecular weight excluding hydrogens is 412 g/mol. The molecule has 0 aliphatic rings. The molecule has 2 N–H and O–H groups in total. The monoisotopic (exact) mass is 432 g/mol. The second-order valence-electron chi connectivity index (χ2n) is 5.86. The molecular formula is C19H20N4O4S2. The van der Waals surface area contributed by atoms with Crippen molar-refractivity contribution in [3.63, 3.8) is 0 Å². The summed E-state index contributed by atoms with van der Waals surface area (Å²) in [7, 11) is 1.58. The molecule has 8 nitrogen and oxygen atoms in total. The van der Waals surface area contributed by atoms with Gasteiger partial charge in [0.2, 0.25) is 10.9 Å². The van der Waals surface area contributed by atoms with Crippen molar-refractivity contribution in [1.29, 1.82) is 0 Å². The van der Waals surface area contributed by atoms with Crippen LogP contribution in [0.4, 0.5) is 5.69 Å². The number of carbonyl (C=O) groups is 2. The fourth-order valence-corrected chi connectivity index (χ4v) is 3.96. The predicted molar refractivity (Wildman–Crippen MR) is 112 cm³/mol. The van der Waals surface area contributed by atoms with Gasteiger partial charge in [-0.25, -0.2) is 0 Å². The lowest BCUT2D eigenvalue weighted by Gasteiger charge is -2.04. The molecule has 0 unspecified atom stereocenters. The molecule has 0 spiro atoms. The van der Waals surface area contributed by atoms with Crippen molar-refractivity contribution in [2.24, 2.45) is 0 Å². The van der Waals surface area contributed by atoms with Crippen LogP contribution < -0.4 is 15.4 Å². The first-order chi connectivity index (χ1) is 14.1. The second kappa shape index (κ2) is 10.6. The number of hydrogen-bond donors (Lipinski definition) is 2. The van der Waals surface area contributed by atoms with Gasteiger partial charge in [0.05, 0.1) is 19.1 Å². The van der Waals surface area contributed by atoms with Crippen LogP contribution in [-0.4, -0.2) is 41.4 Å². The van der Waals surface area contributed by atoms with Gasteiger partial charge in [-0.3, -0.25) is 9.59 Å². The van der Waals surface area contributed by atoms with Crippen LogP contribution in [0.25, 0.3) is 0 Å². The number of nitrogens with zero attached hydrogens (tertiary/aromatic N) is 2. The first kappa shape index (κ1) is 20.9. The summed E-state index contributed by atoms with van der Waals surface area (Å²) in [6.45, 7) is 0.529. The number of amides is 2. The fraction of sp³-hybridized carbons (Fsp3) is 0.263. The first-order valence-electron chi connectivity index (χ1n) is 8.78. The molecule has 2 amide bonds. The van der Waals surface area contributed by atoms with E-state index in [1.54, 1.807) is 37.6 Å². The minimum absolute atomic E-state index is 0.0523.